The van der Waals surface area contributed by atoms with Gasteiger partial charge in [-0.05, 0) is 13.0 Å². The zero-order chi connectivity index (χ0) is 12.8. The van der Waals surface area contributed by atoms with Gasteiger partial charge in [-0.3, -0.25) is 15.5 Å². The number of amides is 2. The minimum Gasteiger partial charge on any atom is -0.306 e. The van der Waals surface area contributed by atoms with E-state index in [1.54, 1.807) is 13.0 Å². The van der Waals surface area contributed by atoms with Crippen LogP contribution in [0.1, 0.15) is 6.92 Å². The molecule has 17 heavy (non-hydrogen) atoms. The van der Waals surface area contributed by atoms with E-state index < -0.39 is 11.0 Å². The van der Waals surface area contributed by atoms with E-state index >= 15 is 0 Å². The number of urea groups is 1. The molecule has 0 aromatic heterocycles. The third-order valence-corrected chi connectivity index (χ3v) is 1.70. The van der Waals surface area contributed by atoms with Gasteiger partial charge in [-0.1, -0.05) is 12.6 Å². The van der Waals surface area contributed by atoms with Crippen molar-refractivity contribution in [1.82, 2.24) is 10.9 Å². The molecule has 0 fully saturated rings. The maximum Gasteiger partial charge on any atom is 0.337 e. The van der Waals surface area contributed by atoms with Gasteiger partial charge < -0.3 is 10.7 Å². The third kappa shape index (κ3) is 4.20. The number of hydrazine groups is 1. The highest BCUT2D eigenvalue weighted by atomic mass is 16.6. The number of benzene rings is 1. The SMILES string of the molecule is C=C(C)NNC(=O)Nc1cccc([N+](=O)[O-])c1. The van der Waals surface area contributed by atoms with Crippen molar-refractivity contribution in [2.45, 2.75) is 6.92 Å². The molecule has 0 bridgehead atoms. The van der Waals surface area contributed by atoms with Crippen LogP contribution in [0.3, 0.4) is 0 Å². The highest BCUT2D eigenvalue weighted by Gasteiger charge is 2.07. The van der Waals surface area contributed by atoms with Gasteiger partial charge in [-0.15, -0.1) is 0 Å². The lowest BCUT2D eigenvalue weighted by Gasteiger charge is -2.08. The van der Waals surface area contributed by atoms with Crippen LogP contribution in [0.25, 0.3) is 0 Å². The molecule has 0 aliphatic rings. The summed E-state index contributed by atoms with van der Waals surface area (Å²) >= 11 is 0. The first-order chi connectivity index (χ1) is 7.99. The highest BCUT2D eigenvalue weighted by Crippen LogP contribution is 2.16. The molecule has 7 nitrogen and oxygen atoms in total. The van der Waals surface area contributed by atoms with E-state index in [9.17, 15) is 14.9 Å². The summed E-state index contributed by atoms with van der Waals surface area (Å²) in [6.45, 7) is 5.20. The second kappa shape index (κ2) is 5.50. The summed E-state index contributed by atoms with van der Waals surface area (Å²) in [5, 5.41) is 12.9. The molecule has 1 aromatic carbocycles. The molecule has 2 amide bonds. The van der Waals surface area contributed by atoms with Crippen LogP contribution in [0.5, 0.6) is 0 Å². The molecule has 0 unspecified atom stereocenters. The number of nitrogens with one attached hydrogen (secondary N) is 3. The number of allylic oxidation sites excluding steroid dienone is 1. The summed E-state index contributed by atoms with van der Waals surface area (Å²) in [4.78, 5) is 21.3. The Bertz CT molecular complexity index is 459. The average Bonchev–Trinajstić information content (AvgIpc) is 2.26. The van der Waals surface area contributed by atoms with Crippen LogP contribution < -0.4 is 16.2 Å². The molecule has 0 aliphatic carbocycles. The largest absolute Gasteiger partial charge is 0.337 e. The molecule has 1 rings (SSSR count). The van der Waals surface area contributed by atoms with Gasteiger partial charge in [0, 0.05) is 23.5 Å². The predicted octanol–water partition coefficient (Wildman–Crippen LogP) is 1.75. The highest BCUT2D eigenvalue weighted by molar-refractivity contribution is 5.89. The van der Waals surface area contributed by atoms with E-state index in [-0.39, 0.29) is 5.69 Å². The predicted molar refractivity (Wildman–Crippen MR) is 63.2 cm³/mol. The number of rotatable bonds is 4. The smallest absolute Gasteiger partial charge is 0.306 e. The van der Waals surface area contributed by atoms with Crippen LogP contribution in [0.4, 0.5) is 16.2 Å². The van der Waals surface area contributed by atoms with Crippen molar-refractivity contribution in [3.05, 3.63) is 46.7 Å². The third-order valence-electron chi connectivity index (χ3n) is 1.70. The van der Waals surface area contributed by atoms with Crippen molar-refractivity contribution in [3.8, 4) is 0 Å². The minimum absolute atomic E-state index is 0.0874. The molecule has 1 aromatic rings. The first-order valence-corrected chi connectivity index (χ1v) is 4.72. The molecule has 0 spiro atoms. The summed E-state index contributed by atoms with van der Waals surface area (Å²) in [6, 6.07) is 5.11. The molecule has 0 atom stereocenters. The summed E-state index contributed by atoms with van der Waals surface area (Å²) < 4.78 is 0. The number of anilines is 1. The summed E-state index contributed by atoms with van der Waals surface area (Å²) in [5.74, 6) is 0. The Hall–Kier alpha value is -2.57. The maximum absolute atomic E-state index is 11.3. The lowest BCUT2D eigenvalue weighted by molar-refractivity contribution is -0.384. The molecule has 0 aliphatic heterocycles. The zero-order valence-electron chi connectivity index (χ0n) is 9.19. The van der Waals surface area contributed by atoms with Crippen molar-refractivity contribution in [1.29, 1.82) is 0 Å². The number of nitro benzene ring substituents is 1. The fourth-order valence-corrected chi connectivity index (χ4v) is 1.02. The number of carbonyl (C=O) groups is 1. The van der Waals surface area contributed by atoms with Gasteiger partial charge in [0.1, 0.15) is 0 Å². The second-order valence-electron chi connectivity index (χ2n) is 3.29. The van der Waals surface area contributed by atoms with Crippen molar-refractivity contribution in [2.75, 3.05) is 5.32 Å². The lowest BCUT2D eigenvalue weighted by atomic mass is 10.3. The second-order valence-corrected chi connectivity index (χ2v) is 3.29. The van der Waals surface area contributed by atoms with Crippen molar-refractivity contribution in [2.24, 2.45) is 0 Å². The van der Waals surface area contributed by atoms with Gasteiger partial charge >= 0.3 is 6.03 Å². The number of carbonyl (C=O) groups excluding carboxylic acids is 1. The molecule has 3 N–H and O–H groups in total. The Morgan fingerprint density at radius 1 is 1.41 bits per heavy atom. The summed E-state index contributed by atoms with van der Waals surface area (Å²) in [5.41, 5.74) is 5.64. The van der Waals surface area contributed by atoms with Gasteiger partial charge in [0.25, 0.3) is 5.69 Å². The monoisotopic (exact) mass is 236 g/mol. The Balaban J connectivity index is 2.62. The molecule has 0 heterocycles. The molecule has 90 valence electrons. The van der Waals surface area contributed by atoms with E-state index in [0.717, 1.165) is 0 Å². The quantitative estimate of drug-likeness (QED) is 0.548. The van der Waals surface area contributed by atoms with Gasteiger partial charge in [-0.2, -0.15) is 0 Å². The van der Waals surface area contributed by atoms with Gasteiger partial charge in [0.05, 0.1) is 4.92 Å². The Morgan fingerprint density at radius 3 is 2.71 bits per heavy atom. The fourth-order valence-electron chi connectivity index (χ4n) is 1.02. The summed E-state index contributed by atoms with van der Waals surface area (Å²) in [6.07, 6.45) is 0. The number of hydrogen-bond donors (Lipinski definition) is 3. The molecular formula is C10H12N4O3. The number of hydrogen-bond acceptors (Lipinski definition) is 4. The van der Waals surface area contributed by atoms with E-state index in [4.69, 9.17) is 0 Å². The molecule has 7 heteroatoms. The van der Waals surface area contributed by atoms with Crippen LogP contribution in [-0.4, -0.2) is 11.0 Å². The Kier molecular flexibility index (Phi) is 4.04. The number of nitrogens with zero attached hydrogens (tertiary/aromatic N) is 1. The van der Waals surface area contributed by atoms with Crippen molar-refractivity contribution >= 4 is 17.4 Å². The minimum atomic E-state index is -0.534. The van der Waals surface area contributed by atoms with Crippen LogP contribution in [-0.2, 0) is 0 Å². The zero-order valence-corrected chi connectivity index (χ0v) is 9.19. The standard InChI is InChI=1S/C10H12N4O3/c1-7(2)12-13-10(15)11-8-4-3-5-9(6-8)14(16)17/h3-6,12H,1H2,2H3,(H2,11,13,15). The van der Waals surface area contributed by atoms with Gasteiger partial charge in [-0.25, -0.2) is 4.79 Å². The maximum atomic E-state index is 11.3. The van der Waals surface area contributed by atoms with Crippen LogP contribution in [0.15, 0.2) is 36.5 Å². The summed E-state index contributed by atoms with van der Waals surface area (Å²) in [7, 11) is 0. The number of non-ortho nitro benzene ring substituents is 1. The number of nitro groups is 1. The first-order valence-electron chi connectivity index (χ1n) is 4.72. The van der Waals surface area contributed by atoms with E-state index in [1.165, 1.54) is 18.2 Å². The van der Waals surface area contributed by atoms with Gasteiger partial charge in [0.2, 0.25) is 0 Å². The fraction of sp³-hybridized carbons (Fsp3) is 0.100. The van der Waals surface area contributed by atoms with Crippen LogP contribution >= 0.6 is 0 Å². The normalized spacial score (nSPS) is 9.24. The van der Waals surface area contributed by atoms with Gasteiger partial charge in [0.15, 0.2) is 0 Å². The van der Waals surface area contributed by atoms with Crippen LogP contribution in [0, 0.1) is 10.1 Å². The molecule has 0 saturated heterocycles. The van der Waals surface area contributed by atoms with Crippen molar-refractivity contribution in [3.63, 3.8) is 0 Å². The topological polar surface area (TPSA) is 96.3 Å². The Labute approximate surface area is 97.6 Å². The van der Waals surface area contributed by atoms with Crippen LogP contribution in [0.2, 0.25) is 0 Å². The first kappa shape index (κ1) is 12.5. The lowest BCUT2D eigenvalue weighted by Crippen LogP contribution is -2.38. The van der Waals surface area contributed by atoms with E-state index in [0.29, 0.717) is 11.4 Å². The average molecular weight is 236 g/mol. The van der Waals surface area contributed by atoms with Crippen molar-refractivity contribution < 1.29 is 9.72 Å². The molecule has 0 radical (unpaired) electrons. The Morgan fingerprint density at radius 2 is 2.12 bits per heavy atom. The molecule has 0 saturated carbocycles. The van der Waals surface area contributed by atoms with E-state index in [2.05, 4.69) is 22.7 Å². The molecular weight excluding hydrogens is 224 g/mol. The van der Waals surface area contributed by atoms with E-state index in [1.807, 2.05) is 0 Å².